The first kappa shape index (κ1) is 18.0. The van der Waals surface area contributed by atoms with Crippen LogP contribution >= 0.6 is 0 Å². The molecule has 0 unspecified atom stereocenters. The number of benzene rings is 1. The van der Waals surface area contributed by atoms with E-state index in [9.17, 15) is 17.2 Å². The molecule has 0 spiro atoms. The van der Waals surface area contributed by atoms with Crippen LogP contribution < -0.4 is 10.0 Å². The summed E-state index contributed by atoms with van der Waals surface area (Å²) in [6.45, 7) is -0.0197. The van der Waals surface area contributed by atoms with Crippen LogP contribution in [0.25, 0.3) is 0 Å². The van der Waals surface area contributed by atoms with Crippen molar-refractivity contribution in [2.24, 2.45) is 0 Å². The van der Waals surface area contributed by atoms with Gasteiger partial charge >= 0.3 is 0 Å². The molecule has 0 fully saturated rings. The number of ether oxygens (including phenoxy) is 1. The van der Waals surface area contributed by atoms with E-state index in [1.165, 1.54) is 12.1 Å². The van der Waals surface area contributed by atoms with Gasteiger partial charge in [0.1, 0.15) is 6.61 Å². The predicted molar refractivity (Wildman–Crippen MR) is 76.1 cm³/mol. The molecule has 120 valence electrons. The molecule has 0 aliphatic heterocycles. The number of hydrogen-bond acceptors (Lipinski definition) is 4. The average Bonchev–Trinajstić information content (AvgIpc) is 2.44. The van der Waals surface area contributed by atoms with E-state index in [2.05, 4.69) is 14.8 Å². The molecule has 0 atom stereocenters. The Kier molecular flexibility index (Phi) is 7.73. The van der Waals surface area contributed by atoms with Crippen molar-refractivity contribution in [3.05, 3.63) is 29.8 Å². The lowest BCUT2D eigenvalue weighted by atomic mass is 10.1. The van der Waals surface area contributed by atoms with Gasteiger partial charge in [0.15, 0.2) is 0 Å². The lowest BCUT2D eigenvalue weighted by Crippen LogP contribution is -2.28. The fraction of sp³-hybridized carbons (Fsp3) is 0.538. The maximum atomic E-state index is 11.9. The predicted octanol–water partition coefficient (Wildman–Crippen LogP) is 1.01. The highest BCUT2D eigenvalue weighted by atomic mass is 32.2. The summed E-state index contributed by atoms with van der Waals surface area (Å²) in [6.07, 6.45) is -1.74. The fourth-order valence-corrected chi connectivity index (χ4v) is 2.62. The van der Waals surface area contributed by atoms with Crippen LogP contribution in [-0.2, 0) is 21.2 Å². The first-order valence-electron chi connectivity index (χ1n) is 6.55. The van der Waals surface area contributed by atoms with Gasteiger partial charge in [-0.3, -0.25) is 0 Å². The van der Waals surface area contributed by atoms with E-state index in [4.69, 9.17) is 0 Å². The summed E-state index contributed by atoms with van der Waals surface area (Å²) < 4.78 is 54.4. The van der Waals surface area contributed by atoms with Crippen molar-refractivity contribution >= 4 is 10.0 Å². The van der Waals surface area contributed by atoms with Crippen LogP contribution in [0, 0.1) is 0 Å². The van der Waals surface area contributed by atoms with E-state index >= 15 is 0 Å². The van der Waals surface area contributed by atoms with E-state index in [0.29, 0.717) is 0 Å². The third kappa shape index (κ3) is 6.94. The minimum atomic E-state index is -3.63. The van der Waals surface area contributed by atoms with Crippen LogP contribution in [0.3, 0.4) is 0 Å². The first-order chi connectivity index (χ1) is 9.95. The standard InChI is InChI=1S/C13H20F2N2O3S/c1-16-7-6-11-2-4-12(5-3-11)21(18,19)17-8-9-20-10-13(14)15/h2-5,13,16-17H,6-10H2,1H3. The molecule has 1 rings (SSSR count). The van der Waals surface area contributed by atoms with Crippen molar-refractivity contribution in [2.45, 2.75) is 17.7 Å². The maximum Gasteiger partial charge on any atom is 0.261 e. The van der Waals surface area contributed by atoms with Crippen molar-refractivity contribution in [3.63, 3.8) is 0 Å². The minimum absolute atomic E-state index is 0.0451. The Hall–Kier alpha value is -1.09. The number of halogens is 2. The molecule has 21 heavy (non-hydrogen) atoms. The molecule has 8 heteroatoms. The molecular weight excluding hydrogens is 302 g/mol. The normalized spacial score (nSPS) is 12.0. The Morgan fingerprint density at radius 2 is 1.86 bits per heavy atom. The van der Waals surface area contributed by atoms with Crippen LogP contribution in [0.5, 0.6) is 0 Å². The number of sulfonamides is 1. The second-order valence-electron chi connectivity index (χ2n) is 4.36. The third-order valence-corrected chi connectivity index (χ3v) is 4.16. The zero-order valence-corrected chi connectivity index (χ0v) is 12.6. The molecule has 0 saturated carbocycles. The van der Waals surface area contributed by atoms with Crippen LogP contribution in [0.1, 0.15) is 5.56 Å². The van der Waals surface area contributed by atoms with Gasteiger partial charge in [0.2, 0.25) is 10.0 Å². The van der Waals surface area contributed by atoms with Crippen LogP contribution in [0.4, 0.5) is 8.78 Å². The van der Waals surface area contributed by atoms with Gasteiger partial charge in [-0.1, -0.05) is 12.1 Å². The topological polar surface area (TPSA) is 67.4 Å². The van der Waals surface area contributed by atoms with E-state index in [1.54, 1.807) is 12.1 Å². The van der Waals surface area contributed by atoms with Crippen molar-refractivity contribution in [2.75, 3.05) is 33.4 Å². The molecule has 0 saturated heterocycles. The van der Waals surface area contributed by atoms with Crippen molar-refractivity contribution < 1.29 is 21.9 Å². The number of nitrogens with one attached hydrogen (secondary N) is 2. The smallest absolute Gasteiger partial charge is 0.261 e. The Balaban J connectivity index is 2.46. The van der Waals surface area contributed by atoms with E-state index in [1.807, 2.05) is 7.05 Å². The molecule has 0 aliphatic rings. The van der Waals surface area contributed by atoms with Gasteiger partial charge in [0.05, 0.1) is 11.5 Å². The molecule has 1 aromatic rings. The molecule has 0 aliphatic carbocycles. The van der Waals surface area contributed by atoms with Crippen LogP contribution in [0.2, 0.25) is 0 Å². The van der Waals surface area contributed by atoms with Gasteiger partial charge < -0.3 is 10.1 Å². The highest BCUT2D eigenvalue weighted by molar-refractivity contribution is 7.89. The Bertz CT molecular complexity index is 507. The highest BCUT2D eigenvalue weighted by Gasteiger charge is 2.13. The Morgan fingerprint density at radius 1 is 1.19 bits per heavy atom. The summed E-state index contributed by atoms with van der Waals surface area (Å²) >= 11 is 0. The van der Waals surface area contributed by atoms with Crippen LogP contribution in [-0.4, -0.2) is 48.2 Å². The molecule has 0 aromatic heterocycles. The first-order valence-corrected chi connectivity index (χ1v) is 8.03. The molecule has 0 radical (unpaired) electrons. The van der Waals surface area contributed by atoms with Gasteiger partial charge in [-0.15, -0.1) is 0 Å². The summed E-state index contributed by atoms with van der Waals surface area (Å²) in [7, 11) is -1.79. The molecule has 0 amide bonds. The SMILES string of the molecule is CNCCc1ccc(S(=O)(=O)NCCOCC(F)F)cc1. The number of rotatable bonds is 10. The van der Waals surface area contributed by atoms with E-state index in [0.717, 1.165) is 18.5 Å². The summed E-state index contributed by atoms with van der Waals surface area (Å²) in [5, 5.41) is 3.01. The summed E-state index contributed by atoms with van der Waals surface area (Å²) in [5.41, 5.74) is 1.03. The van der Waals surface area contributed by atoms with Gasteiger partial charge in [-0.2, -0.15) is 0 Å². The zero-order chi connectivity index (χ0) is 15.7. The summed E-state index contributed by atoms with van der Waals surface area (Å²) in [4.78, 5) is 0.143. The number of hydrogen-bond donors (Lipinski definition) is 2. The minimum Gasteiger partial charge on any atom is -0.374 e. The lowest BCUT2D eigenvalue weighted by Gasteiger charge is -2.08. The van der Waals surface area contributed by atoms with Gasteiger partial charge in [0, 0.05) is 6.54 Å². The lowest BCUT2D eigenvalue weighted by molar-refractivity contribution is 0.0199. The molecule has 1 aromatic carbocycles. The molecular formula is C13H20F2N2O3S. The second kappa shape index (κ2) is 9.04. The van der Waals surface area contributed by atoms with Gasteiger partial charge in [0.25, 0.3) is 6.43 Å². The number of alkyl halides is 2. The van der Waals surface area contributed by atoms with E-state index in [-0.39, 0.29) is 18.0 Å². The Morgan fingerprint density at radius 3 is 2.43 bits per heavy atom. The van der Waals surface area contributed by atoms with Gasteiger partial charge in [-0.05, 0) is 37.7 Å². The quantitative estimate of drug-likeness (QED) is 0.631. The summed E-state index contributed by atoms with van der Waals surface area (Å²) in [5.74, 6) is 0. The number of likely N-dealkylation sites (N-methyl/N-ethyl adjacent to an activating group) is 1. The van der Waals surface area contributed by atoms with Crippen molar-refractivity contribution in [1.82, 2.24) is 10.0 Å². The van der Waals surface area contributed by atoms with Crippen molar-refractivity contribution in [1.29, 1.82) is 0 Å². The average molecular weight is 322 g/mol. The Labute approximate surface area is 123 Å². The maximum absolute atomic E-state index is 11.9. The highest BCUT2D eigenvalue weighted by Crippen LogP contribution is 2.10. The largest absolute Gasteiger partial charge is 0.374 e. The third-order valence-electron chi connectivity index (χ3n) is 2.68. The second-order valence-corrected chi connectivity index (χ2v) is 6.13. The fourth-order valence-electron chi connectivity index (χ4n) is 1.61. The van der Waals surface area contributed by atoms with Crippen LogP contribution in [0.15, 0.2) is 29.2 Å². The van der Waals surface area contributed by atoms with Gasteiger partial charge in [-0.25, -0.2) is 21.9 Å². The zero-order valence-electron chi connectivity index (χ0n) is 11.8. The summed E-state index contributed by atoms with van der Waals surface area (Å²) in [6, 6.07) is 6.54. The van der Waals surface area contributed by atoms with E-state index < -0.39 is 23.1 Å². The monoisotopic (exact) mass is 322 g/mol. The molecule has 0 bridgehead atoms. The van der Waals surface area contributed by atoms with Crippen molar-refractivity contribution in [3.8, 4) is 0 Å². The molecule has 0 heterocycles. The molecule has 5 nitrogen and oxygen atoms in total. The molecule has 2 N–H and O–H groups in total.